The first-order valence-electron chi connectivity index (χ1n) is 8.73. The Morgan fingerprint density at radius 3 is 2.79 bits per heavy atom. The van der Waals surface area contributed by atoms with Crippen molar-refractivity contribution in [2.45, 2.75) is 26.7 Å². The zero-order valence-electron chi connectivity index (χ0n) is 14.5. The van der Waals surface area contributed by atoms with Crippen molar-refractivity contribution in [2.75, 3.05) is 26.2 Å². The van der Waals surface area contributed by atoms with Crippen LogP contribution < -0.4 is 5.32 Å². The van der Waals surface area contributed by atoms with Crippen LogP contribution in [0.25, 0.3) is 0 Å². The molecule has 1 saturated heterocycles. The van der Waals surface area contributed by atoms with Gasteiger partial charge in [-0.25, -0.2) is 0 Å². The minimum Gasteiger partial charge on any atom is -0.456 e. The van der Waals surface area contributed by atoms with E-state index in [9.17, 15) is 4.79 Å². The van der Waals surface area contributed by atoms with Gasteiger partial charge in [0.1, 0.15) is 5.76 Å². The van der Waals surface area contributed by atoms with E-state index in [4.69, 9.17) is 4.42 Å². The van der Waals surface area contributed by atoms with Crippen molar-refractivity contribution in [2.24, 2.45) is 5.92 Å². The lowest BCUT2D eigenvalue weighted by molar-refractivity contribution is 0.0917. The number of benzene rings is 1. The maximum atomic E-state index is 12.2. The number of aryl methyl sites for hydroxylation is 2. The summed E-state index contributed by atoms with van der Waals surface area (Å²) in [5.41, 5.74) is 2.29. The van der Waals surface area contributed by atoms with Gasteiger partial charge in [-0.05, 0) is 50.8 Å². The number of hydrogen-bond acceptors (Lipinski definition) is 3. The molecule has 2 aromatic rings. The number of nitrogens with zero attached hydrogens (tertiary/aromatic N) is 1. The van der Waals surface area contributed by atoms with Crippen LogP contribution in [0.3, 0.4) is 0 Å². The molecular weight excluding hydrogens is 300 g/mol. The van der Waals surface area contributed by atoms with Crippen molar-refractivity contribution in [1.82, 2.24) is 10.2 Å². The maximum absolute atomic E-state index is 12.2. The molecule has 0 saturated carbocycles. The van der Waals surface area contributed by atoms with E-state index in [1.165, 1.54) is 5.56 Å². The molecule has 0 spiro atoms. The molecule has 4 heteroatoms. The molecule has 0 bridgehead atoms. The minimum atomic E-state index is -0.0941. The number of likely N-dealkylation sites (tertiary alicyclic amines) is 1. The lowest BCUT2D eigenvalue weighted by Gasteiger charge is -2.16. The summed E-state index contributed by atoms with van der Waals surface area (Å²) in [7, 11) is 0. The van der Waals surface area contributed by atoms with Gasteiger partial charge >= 0.3 is 0 Å². The summed E-state index contributed by atoms with van der Waals surface area (Å²) in [6.07, 6.45) is 2.23. The molecule has 1 fully saturated rings. The van der Waals surface area contributed by atoms with Crippen LogP contribution in [0.5, 0.6) is 0 Å². The molecule has 1 N–H and O–H groups in total. The number of nitrogens with one attached hydrogen (secondary N) is 1. The van der Waals surface area contributed by atoms with Crippen molar-refractivity contribution < 1.29 is 9.21 Å². The molecule has 1 amide bonds. The second kappa shape index (κ2) is 7.67. The Morgan fingerprint density at radius 1 is 1.29 bits per heavy atom. The van der Waals surface area contributed by atoms with E-state index in [0.29, 0.717) is 11.7 Å². The van der Waals surface area contributed by atoms with Crippen LogP contribution in [0.4, 0.5) is 0 Å². The molecule has 3 rings (SSSR count). The van der Waals surface area contributed by atoms with E-state index in [1.807, 2.05) is 19.9 Å². The molecule has 128 valence electrons. The van der Waals surface area contributed by atoms with Crippen LogP contribution in [0.15, 0.2) is 40.8 Å². The third-order valence-electron chi connectivity index (χ3n) is 4.73. The first kappa shape index (κ1) is 16.8. The molecule has 1 atom stereocenters. The summed E-state index contributed by atoms with van der Waals surface area (Å²) < 4.78 is 5.48. The summed E-state index contributed by atoms with van der Waals surface area (Å²) in [5.74, 6) is 1.67. The van der Waals surface area contributed by atoms with Gasteiger partial charge in [-0.15, -0.1) is 0 Å². The highest BCUT2D eigenvalue weighted by Crippen LogP contribution is 2.17. The standard InChI is InChI=1S/C20H26N2O2/c1-15-12-16(2)24-19(15)20(23)21-13-18-9-11-22(14-18)10-8-17-6-4-3-5-7-17/h3-7,12,18H,8-11,13-14H2,1-2H3,(H,21,23)/t18-/m0/s1. The topological polar surface area (TPSA) is 45.5 Å². The molecular formula is C20H26N2O2. The monoisotopic (exact) mass is 326 g/mol. The fourth-order valence-corrected chi connectivity index (χ4v) is 3.40. The number of carbonyl (C=O) groups is 1. The van der Waals surface area contributed by atoms with Gasteiger partial charge in [0.15, 0.2) is 5.76 Å². The van der Waals surface area contributed by atoms with Gasteiger partial charge in [0, 0.05) is 25.2 Å². The third-order valence-corrected chi connectivity index (χ3v) is 4.73. The summed E-state index contributed by atoms with van der Waals surface area (Å²) >= 11 is 0. The fourth-order valence-electron chi connectivity index (χ4n) is 3.40. The number of carbonyl (C=O) groups excluding carboxylic acids is 1. The first-order chi connectivity index (χ1) is 11.6. The van der Waals surface area contributed by atoms with E-state index in [1.54, 1.807) is 0 Å². The summed E-state index contributed by atoms with van der Waals surface area (Å²) in [5, 5.41) is 3.03. The summed E-state index contributed by atoms with van der Waals surface area (Å²) in [4.78, 5) is 14.7. The van der Waals surface area contributed by atoms with Crippen LogP contribution in [0, 0.1) is 19.8 Å². The van der Waals surface area contributed by atoms with Gasteiger partial charge in [-0.3, -0.25) is 4.79 Å². The largest absolute Gasteiger partial charge is 0.456 e. The molecule has 4 nitrogen and oxygen atoms in total. The van der Waals surface area contributed by atoms with Crippen molar-refractivity contribution in [3.8, 4) is 0 Å². The number of furan rings is 1. The second-order valence-electron chi connectivity index (χ2n) is 6.77. The lowest BCUT2D eigenvalue weighted by atomic mass is 10.1. The van der Waals surface area contributed by atoms with Crippen molar-refractivity contribution in [3.05, 3.63) is 59.0 Å². The Kier molecular flexibility index (Phi) is 5.36. The van der Waals surface area contributed by atoms with Crippen LogP contribution in [-0.4, -0.2) is 37.0 Å². The number of amides is 1. The van der Waals surface area contributed by atoms with Crippen LogP contribution in [0.1, 0.15) is 33.9 Å². The maximum Gasteiger partial charge on any atom is 0.287 e. The first-order valence-corrected chi connectivity index (χ1v) is 8.73. The van der Waals surface area contributed by atoms with Gasteiger partial charge in [0.25, 0.3) is 5.91 Å². The molecule has 1 aromatic carbocycles. The van der Waals surface area contributed by atoms with E-state index in [2.05, 4.69) is 40.5 Å². The average Bonchev–Trinajstić information content (AvgIpc) is 3.17. The summed E-state index contributed by atoms with van der Waals surface area (Å²) in [6.45, 7) is 7.76. The number of rotatable bonds is 6. The highest BCUT2D eigenvalue weighted by Gasteiger charge is 2.23. The molecule has 1 aliphatic heterocycles. The second-order valence-corrected chi connectivity index (χ2v) is 6.77. The van der Waals surface area contributed by atoms with Crippen LogP contribution >= 0.6 is 0 Å². The highest BCUT2D eigenvalue weighted by molar-refractivity contribution is 5.92. The predicted molar refractivity (Wildman–Crippen MR) is 95.2 cm³/mol. The fraction of sp³-hybridized carbons (Fsp3) is 0.450. The molecule has 2 heterocycles. The lowest BCUT2D eigenvalue weighted by Crippen LogP contribution is -2.31. The van der Waals surface area contributed by atoms with Gasteiger partial charge in [-0.2, -0.15) is 0 Å². The SMILES string of the molecule is Cc1cc(C)c(C(=O)NC[C@@H]2CCN(CCc3ccccc3)C2)o1. The highest BCUT2D eigenvalue weighted by atomic mass is 16.3. The van der Waals surface area contributed by atoms with E-state index in [0.717, 1.165) is 50.3 Å². The third kappa shape index (κ3) is 4.26. The van der Waals surface area contributed by atoms with Crippen LogP contribution in [-0.2, 0) is 6.42 Å². The van der Waals surface area contributed by atoms with Crippen LogP contribution in [0.2, 0.25) is 0 Å². The number of hydrogen-bond donors (Lipinski definition) is 1. The Bertz CT molecular complexity index is 678. The average molecular weight is 326 g/mol. The quantitative estimate of drug-likeness (QED) is 0.887. The predicted octanol–water partition coefficient (Wildman–Crippen LogP) is 3.19. The Balaban J connectivity index is 1.41. The zero-order valence-corrected chi connectivity index (χ0v) is 14.5. The molecule has 1 aromatic heterocycles. The summed E-state index contributed by atoms with van der Waals surface area (Å²) in [6, 6.07) is 12.5. The van der Waals surface area contributed by atoms with E-state index < -0.39 is 0 Å². The van der Waals surface area contributed by atoms with Crippen molar-refractivity contribution in [3.63, 3.8) is 0 Å². The smallest absolute Gasteiger partial charge is 0.287 e. The van der Waals surface area contributed by atoms with Gasteiger partial charge in [0.05, 0.1) is 0 Å². The minimum absolute atomic E-state index is 0.0941. The molecule has 24 heavy (non-hydrogen) atoms. The zero-order chi connectivity index (χ0) is 16.9. The van der Waals surface area contributed by atoms with Gasteiger partial charge in [0.2, 0.25) is 0 Å². The Morgan fingerprint density at radius 2 is 2.08 bits per heavy atom. The van der Waals surface area contributed by atoms with Gasteiger partial charge < -0.3 is 14.6 Å². The molecule has 0 unspecified atom stereocenters. The van der Waals surface area contributed by atoms with Gasteiger partial charge in [-0.1, -0.05) is 30.3 Å². The van der Waals surface area contributed by atoms with E-state index >= 15 is 0 Å². The molecule has 1 aliphatic rings. The normalized spacial score (nSPS) is 18.0. The molecule has 0 radical (unpaired) electrons. The molecule has 0 aliphatic carbocycles. The Labute approximate surface area is 143 Å². The van der Waals surface area contributed by atoms with E-state index in [-0.39, 0.29) is 5.91 Å². The Hall–Kier alpha value is -2.07. The van der Waals surface area contributed by atoms with Crippen molar-refractivity contribution in [1.29, 1.82) is 0 Å². The van der Waals surface area contributed by atoms with Crippen molar-refractivity contribution >= 4 is 5.91 Å².